The first-order chi connectivity index (χ1) is 8.30. The fourth-order valence-electron chi connectivity index (χ4n) is 2.45. The molecule has 1 aliphatic heterocycles. The molecule has 0 aromatic heterocycles. The summed E-state index contributed by atoms with van der Waals surface area (Å²) in [6.45, 7) is 6.90. The molecule has 1 N–H and O–H groups in total. The molecule has 1 aromatic rings. The van der Waals surface area contributed by atoms with Crippen molar-refractivity contribution in [3.63, 3.8) is 0 Å². The van der Waals surface area contributed by atoms with E-state index in [1.807, 2.05) is 6.92 Å². The lowest BCUT2D eigenvalue weighted by Crippen LogP contribution is -2.42. The third-order valence-electron chi connectivity index (χ3n) is 3.71. The highest BCUT2D eigenvalue weighted by Crippen LogP contribution is 2.23. The van der Waals surface area contributed by atoms with Gasteiger partial charge in [-0.2, -0.15) is 0 Å². The van der Waals surface area contributed by atoms with E-state index in [-0.39, 0.29) is 11.3 Å². The Bertz CT molecular complexity index is 551. The Hall–Kier alpha value is -0.870. The third kappa shape index (κ3) is 3.12. The lowest BCUT2D eigenvalue weighted by atomic mass is 10.00. The fraction of sp³-hybridized carbons (Fsp3) is 0.571. The van der Waals surface area contributed by atoms with Gasteiger partial charge in [-0.05, 0) is 38.3 Å². The van der Waals surface area contributed by atoms with Crippen LogP contribution < -0.4 is 5.32 Å². The van der Waals surface area contributed by atoms with E-state index in [9.17, 15) is 8.42 Å². The minimum absolute atomic E-state index is 0.255. The molecular weight excluding hydrogens is 246 g/mol. The number of benzene rings is 1. The maximum Gasteiger partial charge on any atom is 0.152 e. The second-order valence-electron chi connectivity index (χ2n) is 5.69. The molecular formula is C14H21NO2S. The van der Waals surface area contributed by atoms with Crippen LogP contribution in [0.2, 0.25) is 0 Å². The number of sulfone groups is 1. The molecule has 2 rings (SSSR count). The van der Waals surface area contributed by atoms with Crippen LogP contribution in [-0.2, 0) is 16.4 Å². The van der Waals surface area contributed by atoms with Gasteiger partial charge in [0, 0.05) is 12.1 Å². The first kappa shape index (κ1) is 13.6. The van der Waals surface area contributed by atoms with E-state index in [0.29, 0.717) is 12.2 Å². The average Bonchev–Trinajstić information content (AvgIpc) is 2.55. The third-order valence-corrected chi connectivity index (χ3v) is 5.62. The number of aryl methyl sites for hydroxylation is 2. The Morgan fingerprint density at radius 2 is 2.06 bits per heavy atom. The van der Waals surface area contributed by atoms with Crippen molar-refractivity contribution in [1.82, 2.24) is 5.32 Å². The maximum atomic E-state index is 11.5. The minimum atomic E-state index is -2.84. The van der Waals surface area contributed by atoms with Crippen molar-refractivity contribution in [2.45, 2.75) is 39.3 Å². The van der Waals surface area contributed by atoms with Gasteiger partial charge in [-0.3, -0.25) is 0 Å². The molecule has 0 aliphatic carbocycles. The van der Waals surface area contributed by atoms with E-state index in [2.05, 4.69) is 37.4 Å². The molecule has 1 fully saturated rings. The van der Waals surface area contributed by atoms with Crippen LogP contribution in [0.5, 0.6) is 0 Å². The van der Waals surface area contributed by atoms with Crippen LogP contribution in [-0.4, -0.2) is 25.5 Å². The molecule has 0 amide bonds. The standard InChI is InChI=1S/C14H21NO2S/c1-11-4-5-12(2)13(8-11)9-15-14(3)6-7-18(16,17)10-14/h4-5,8,15H,6-7,9-10H2,1-3H3. The monoisotopic (exact) mass is 267 g/mol. The summed E-state index contributed by atoms with van der Waals surface area (Å²) >= 11 is 0. The lowest BCUT2D eigenvalue weighted by molar-refractivity contribution is 0.395. The van der Waals surface area contributed by atoms with Gasteiger partial charge in [0.2, 0.25) is 0 Å². The zero-order chi connectivity index (χ0) is 13.4. The molecule has 1 atom stereocenters. The van der Waals surface area contributed by atoms with Gasteiger partial charge in [-0.1, -0.05) is 23.8 Å². The van der Waals surface area contributed by atoms with E-state index in [4.69, 9.17) is 0 Å². The Labute approximate surface area is 110 Å². The van der Waals surface area contributed by atoms with Crippen molar-refractivity contribution in [1.29, 1.82) is 0 Å². The zero-order valence-corrected chi connectivity index (χ0v) is 12.1. The average molecular weight is 267 g/mol. The Morgan fingerprint density at radius 1 is 1.33 bits per heavy atom. The largest absolute Gasteiger partial charge is 0.306 e. The molecule has 0 bridgehead atoms. The first-order valence-corrected chi connectivity index (χ1v) is 8.13. The summed E-state index contributed by atoms with van der Waals surface area (Å²) in [5, 5.41) is 3.42. The van der Waals surface area contributed by atoms with Gasteiger partial charge < -0.3 is 5.32 Å². The van der Waals surface area contributed by atoms with E-state index >= 15 is 0 Å². The van der Waals surface area contributed by atoms with Crippen molar-refractivity contribution in [3.05, 3.63) is 34.9 Å². The van der Waals surface area contributed by atoms with Crippen LogP contribution in [0, 0.1) is 13.8 Å². The number of hydrogen-bond donors (Lipinski definition) is 1. The summed E-state index contributed by atoms with van der Waals surface area (Å²) in [6.07, 6.45) is 0.709. The summed E-state index contributed by atoms with van der Waals surface area (Å²) < 4.78 is 23.1. The van der Waals surface area contributed by atoms with E-state index < -0.39 is 9.84 Å². The quantitative estimate of drug-likeness (QED) is 0.911. The van der Waals surface area contributed by atoms with Crippen LogP contribution in [0.1, 0.15) is 30.0 Å². The van der Waals surface area contributed by atoms with E-state index in [1.165, 1.54) is 16.7 Å². The summed E-state index contributed by atoms with van der Waals surface area (Å²) in [5.41, 5.74) is 3.47. The lowest BCUT2D eigenvalue weighted by Gasteiger charge is -2.24. The van der Waals surface area contributed by atoms with Gasteiger partial charge in [0.05, 0.1) is 11.5 Å². The molecule has 1 saturated heterocycles. The van der Waals surface area contributed by atoms with Crippen molar-refractivity contribution >= 4 is 9.84 Å². The molecule has 1 unspecified atom stereocenters. The zero-order valence-electron chi connectivity index (χ0n) is 11.3. The summed E-state index contributed by atoms with van der Waals surface area (Å²) in [7, 11) is -2.84. The Balaban J connectivity index is 2.06. The fourth-order valence-corrected chi connectivity index (χ4v) is 4.57. The van der Waals surface area contributed by atoms with Gasteiger partial charge in [-0.25, -0.2) is 8.42 Å². The highest BCUT2D eigenvalue weighted by atomic mass is 32.2. The van der Waals surface area contributed by atoms with Crippen LogP contribution in [0.3, 0.4) is 0 Å². The first-order valence-electron chi connectivity index (χ1n) is 6.31. The molecule has 3 nitrogen and oxygen atoms in total. The molecule has 0 radical (unpaired) electrons. The highest BCUT2D eigenvalue weighted by Gasteiger charge is 2.37. The minimum Gasteiger partial charge on any atom is -0.306 e. The van der Waals surface area contributed by atoms with Crippen LogP contribution >= 0.6 is 0 Å². The van der Waals surface area contributed by atoms with E-state index in [0.717, 1.165) is 6.54 Å². The summed E-state index contributed by atoms with van der Waals surface area (Å²) in [6, 6.07) is 6.37. The molecule has 100 valence electrons. The van der Waals surface area contributed by atoms with Gasteiger partial charge in [-0.15, -0.1) is 0 Å². The Morgan fingerprint density at radius 3 is 2.67 bits per heavy atom. The normalized spacial score (nSPS) is 26.4. The second kappa shape index (κ2) is 4.67. The summed E-state index contributed by atoms with van der Waals surface area (Å²) in [5.74, 6) is 0.564. The SMILES string of the molecule is Cc1ccc(C)c(CNC2(C)CCS(=O)(=O)C2)c1. The smallest absolute Gasteiger partial charge is 0.152 e. The molecule has 18 heavy (non-hydrogen) atoms. The predicted octanol–water partition coefficient (Wildman–Crippen LogP) is 1.97. The maximum absolute atomic E-state index is 11.5. The summed E-state index contributed by atoms with van der Waals surface area (Å²) in [4.78, 5) is 0. The molecule has 1 heterocycles. The van der Waals surface area contributed by atoms with Gasteiger partial charge in [0.25, 0.3) is 0 Å². The van der Waals surface area contributed by atoms with Crippen LogP contribution in [0.25, 0.3) is 0 Å². The Kier molecular flexibility index (Phi) is 3.52. The van der Waals surface area contributed by atoms with Crippen molar-refractivity contribution < 1.29 is 8.42 Å². The highest BCUT2D eigenvalue weighted by molar-refractivity contribution is 7.91. The molecule has 4 heteroatoms. The van der Waals surface area contributed by atoms with E-state index in [1.54, 1.807) is 0 Å². The van der Waals surface area contributed by atoms with Gasteiger partial charge in [0.1, 0.15) is 0 Å². The van der Waals surface area contributed by atoms with Crippen molar-refractivity contribution in [3.8, 4) is 0 Å². The number of rotatable bonds is 3. The topological polar surface area (TPSA) is 46.2 Å². The van der Waals surface area contributed by atoms with Gasteiger partial charge in [0.15, 0.2) is 9.84 Å². The molecule has 1 aromatic carbocycles. The molecule has 0 spiro atoms. The second-order valence-corrected chi connectivity index (χ2v) is 7.87. The van der Waals surface area contributed by atoms with Crippen molar-refractivity contribution in [2.24, 2.45) is 0 Å². The number of hydrogen-bond acceptors (Lipinski definition) is 3. The number of nitrogens with one attached hydrogen (secondary N) is 1. The molecule has 1 aliphatic rings. The van der Waals surface area contributed by atoms with Gasteiger partial charge >= 0.3 is 0 Å². The van der Waals surface area contributed by atoms with Crippen molar-refractivity contribution in [2.75, 3.05) is 11.5 Å². The van der Waals surface area contributed by atoms with Crippen LogP contribution in [0.15, 0.2) is 18.2 Å². The molecule has 0 saturated carbocycles. The van der Waals surface area contributed by atoms with Crippen LogP contribution in [0.4, 0.5) is 0 Å². The predicted molar refractivity (Wildman–Crippen MR) is 74.4 cm³/mol.